The number of rotatable bonds is 9. The molecule has 12 nitrogen and oxygen atoms in total. The van der Waals surface area contributed by atoms with E-state index in [0.29, 0.717) is 35.3 Å². The van der Waals surface area contributed by atoms with Crippen LogP contribution in [0.5, 0.6) is 5.75 Å². The maximum atomic E-state index is 13.8. The smallest absolute Gasteiger partial charge is 0.274 e. The Balaban J connectivity index is 1.12. The van der Waals surface area contributed by atoms with Gasteiger partial charge >= 0.3 is 0 Å². The molecule has 4 aliphatic rings. The van der Waals surface area contributed by atoms with Crippen molar-refractivity contribution in [1.29, 1.82) is 0 Å². The van der Waals surface area contributed by atoms with E-state index in [2.05, 4.69) is 20.5 Å². The molecule has 6 atom stereocenters. The summed E-state index contributed by atoms with van der Waals surface area (Å²) in [7, 11) is 3.62. The van der Waals surface area contributed by atoms with Gasteiger partial charge in [-0.25, -0.2) is 9.50 Å². The molecule has 46 heavy (non-hydrogen) atoms. The van der Waals surface area contributed by atoms with Gasteiger partial charge < -0.3 is 34.3 Å². The largest absolute Gasteiger partial charge is 0.497 e. The zero-order chi connectivity index (χ0) is 31.4. The highest BCUT2D eigenvalue weighted by Crippen LogP contribution is 2.39. The monoisotopic (exact) mass is 625 g/mol. The molecule has 6 heterocycles. The van der Waals surface area contributed by atoms with Crippen LogP contribution in [0.3, 0.4) is 0 Å². The molecule has 3 saturated heterocycles. The third-order valence-corrected chi connectivity index (χ3v) is 10.1. The summed E-state index contributed by atoms with van der Waals surface area (Å²) < 4.78 is 20.6. The van der Waals surface area contributed by atoms with Crippen molar-refractivity contribution in [2.24, 2.45) is 5.92 Å². The lowest BCUT2D eigenvalue weighted by atomic mass is 9.77. The number of imidazole rings is 1. The molecule has 4 aromatic rings. The number of nitrogens with zero attached hydrogens (tertiary/aromatic N) is 5. The Morgan fingerprint density at radius 3 is 2.67 bits per heavy atom. The lowest BCUT2D eigenvalue weighted by molar-refractivity contribution is -0.0164. The number of benzene rings is 1. The molecule has 1 saturated carbocycles. The molecule has 1 unspecified atom stereocenters. The second-order valence-corrected chi connectivity index (χ2v) is 13.0. The van der Waals surface area contributed by atoms with E-state index in [-0.39, 0.29) is 41.9 Å². The zero-order valence-electron chi connectivity index (χ0n) is 26.1. The van der Waals surface area contributed by atoms with Crippen LogP contribution in [0.1, 0.15) is 60.6 Å². The summed E-state index contributed by atoms with van der Waals surface area (Å²) in [6, 6.07) is 13.5. The molecule has 12 heteroatoms. The number of hydrogen-bond acceptors (Lipinski definition) is 9. The Labute approximate surface area is 266 Å². The number of anilines is 3. The van der Waals surface area contributed by atoms with Crippen LogP contribution in [0.2, 0.25) is 0 Å². The van der Waals surface area contributed by atoms with Crippen molar-refractivity contribution in [3.63, 3.8) is 0 Å². The number of carbonyl (C=O) groups is 1. The van der Waals surface area contributed by atoms with Crippen LogP contribution in [-0.2, 0) is 16.0 Å². The number of carbonyl (C=O) groups excluding carboxylic acids is 1. The number of pyridine rings is 1. The Hall–Kier alpha value is -4.42. The minimum Gasteiger partial charge on any atom is -0.497 e. The molecule has 1 amide bonds. The fourth-order valence-electron chi connectivity index (χ4n) is 7.63. The van der Waals surface area contributed by atoms with E-state index >= 15 is 0 Å². The predicted octanol–water partition coefficient (Wildman–Crippen LogP) is 4.07. The van der Waals surface area contributed by atoms with E-state index in [1.807, 2.05) is 54.2 Å². The van der Waals surface area contributed by atoms with E-state index < -0.39 is 0 Å². The van der Waals surface area contributed by atoms with Gasteiger partial charge in [-0.1, -0.05) is 12.1 Å². The molecule has 2 N–H and O–H groups in total. The topological polar surface area (TPSA) is 124 Å². The van der Waals surface area contributed by atoms with Crippen molar-refractivity contribution in [2.45, 2.75) is 75.5 Å². The highest BCUT2D eigenvalue weighted by molar-refractivity contribution is 5.94. The third kappa shape index (κ3) is 5.28. The van der Waals surface area contributed by atoms with Crippen LogP contribution in [0.25, 0.3) is 5.65 Å². The molecule has 2 bridgehead atoms. The van der Waals surface area contributed by atoms with Crippen LogP contribution in [-0.4, -0.2) is 70.2 Å². The van der Waals surface area contributed by atoms with Crippen LogP contribution >= 0.6 is 0 Å². The van der Waals surface area contributed by atoms with Crippen molar-refractivity contribution in [2.75, 3.05) is 31.0 Å². The molecular formula is C34H39N7O5. The van der Waals surface area contributed by atoms with Gasteiger partial charge in [-0.3, -0.25) is 9.59 Å². The predicted molar refractivity (Wildman–Crippen MR) is 172 cm³/mol. The molecule has 0 radical (unpaired) electrons. The lowest BCUT2D eigenvalue weighted by Crippen LogP contribution is -2.54. The van der Waals surface area contributed by atoms with Crippen LogP contribution in [0.4, 0.5) is 17.2 Å². The molecular weight excluding hydrogens is 586 g/mol. The van der Waals surface area contributed by atoms with Gasteiger partial charge in [0, 0.05) is 38.5 Å². The second kappa shape index (κ2) is 11.7. The number of nitrogens with one attached hydrogen (secondary N) is 2. The first-order valence-corrected chi connectivity index (χ1v) is 16.2. The maximum absolute atomic E-state index is 13.8. The van der Waals surface area contributed by atoms with Crippen molar-refractivity contribution in [3.8, 4) is 5.75 Å². The zero-order valence-corrected chi connectivity index (χ0v) is 26.1. The molecule has 3 aromatic heterocycles. The lowest BCUT2D eigenvalue weighted by Gasteiger charge is -2.39. The van der Waals surface area contributed by atoms with Crippen molar-refractivity contribution in [1.82, 2.24) is 24.5 Å². The first kappa shape index (κ1) is 29.0. The third-order valence-electron chi connectivity index (χ3n) is 10.1. The number of ether oxygens (including phenoxy) is 3. The number of methoxy groups -OCH3 is 1. The number of amides is 1. The molecule has 1 aliphatic carbocycles. The fourth-order valence-corrected chi connectivity index (χ4v) is 7.63. The first-order chi connectivity index (χ1) is 22.4. The van der Waals surface area contributed by atoms with Gasteiger partial charge in [0.2, 0.25) is 0 Å². The first-order valence-electron chi connectivity index (χ1n) is 16.2. The standard InChI is InChI=1S/C34H39N7O5/c1-39(19-20-5-7-23(44-2)8-6-20)28-17-30(36-26-4-3-12-40(34(26)43)22-15-24-9-10-25(16-22)46-24)38-41-29(18-35-32(28)41)33(42)37-27-14-21-11-13-45-31(21)27/h3-8,12,17-18,21-22,24-25,27,31H,9-11,13-16,19H2,1-2H3,(H,36,38)(H,37,42)/t21-,22?,24-,25+,27-,31-/m1/s1. The molecule has 3 aliphatic heterocycles. The average molecular weight is 626 g/mol. The van der Waals surface area contributed by atoms with Gasteiger partial charge in [-0.2, -0.15) is 0 Å². The van der Waals surface area contributed by atoms with Crippen LogP contribution < -0.4 is 25.8 Å². The van der Waals surface area contributed by atoms with Gasteiger partial charge in [-0.15, -0.1) is 5.10 Å². The van der Waals surface area contributed by atoms with Crippen LogP contribution in [0, 0.1) is 5.92 Å². The van der Waals surface area contributed by atoms with Gasteiger partial charge in [0.1, 0.15) is 11.4 Å². The van der Waals surface area contributed by atoms with E-state index in [1.54, 1.807) is 23.9 Å². The summed E-state index contributed by atoms with van der Waals surface area (Å²) in [5.41, 5.74) is 3.00. The average Bonchev–Trinajstić information content (AvgIpc) is 3.76. The Bertz CT molecular complexity index is 1810. The molecule has 1 aromatic carbocycles. The molecule has 4 fully saturated rings. The van der Waals surface area contributed by atoms with E-state index in [1.165, 1.54) is 0 Å². The highest BCUT2D eigenvalue weighted by Gasteiger charge is 2.46. The Kier molecular flexibility index (Phi) is 7.41. The van der Waals surface area contributed by atoms with E-state index in [9.17, 15) is 9.59 Å². The minimum absolute atomic E-state index is 0.0210. The normalized spacial score (nSPS) is 26.4. The number of fused-ring (bicyclic) bond motifs is 4. The summed E-state index contributed by atoms with van der Waals surface area (Å²) >= 11 is 0. The van der Waals surface area contributed by atoms with Gasteiger partial charge in [-0.05, 0) is 74.3 Å². The molecule has 0 spiro atoms. The fraction of sp³-hybridized carbons (Fsp3) is 0.471. The Morgan fingerprint density at radius 1 is 1.11 bits per heavy atom. The summed E-state index contributed by atoms with van der Waals surface area (Å²) in [6.45, 7) is 1.32. The van der Waals surface area contributed by atoms with E-state index in [4.69, 9.17) is 19.3 Å². The molecule has 8 rings (SSSR count). The van der Waals surface area contributed by atoms with Gasteiger partial charge in [0.05, 0.1) is 43.3 Å². The van der Waals surface area contributed by atoms with Crippen LogP contribution in [0.15, 0.2) is 59.7 Å². The van der Waals surface area contributed by atoms with Gasteiger partial charge in [0.25, 0.3) is 11.5 Å². The quantitative estimate of drug-likeness (QED) is 0.283. The number of hydrogen-bond donors (Lipinski definition) is 2. The summed E-state index contributed by atoms with van der Waals surface area (Å²) in [5, 5.41) is 11.2. The maximum Gasteiger partial charge on any atom is 0.274 e. The Morgan fingerprint density at radius 2 is 1.91 bits per heavy atom. The summed E-state index contributed by atoms with van der Waals surface area (Å²) in [4.78, 5) is 34.1. The molecule has 240 valence electrons. The highest BCUT2D eigenvalue weighted by atomic mass is 16.5. The summed E-state index contributed by atoms with van der Waals surface area (Å²) in [6.07, 6.45) is 9.69. The SMILES string of the molecule is COc1ccc(CN(C)c2cc(Nc3cccn(C4C[C@H]5CC[C@@H](C4)O5)c3=O)nn3c(C(=O)N[C@@H]4C[C@H]5CCO[C@H]54)cnc23)cc1. The second-order valence-electron chi connectivity index (χ2n) is 13.0. The number of aromatic nitrogens is 4. The van der Waals surface area contributed by atoms with Crippen molar-refractivity contribution < 1.29 is 19.0 Å². The summed E-state index contributed by atoms with van der Waals surface area (Å²) in [5.74, 6) is 1.48. The van der Waals surface area contributed by atoms with Gasteiger partial charge in [0.15, 0.2) is 17.2 Å². The van der Waals surface area contributed by atoms with E-state index in [0.717, 1.165) is 62.1 Å². The van der Waals surface area contributed by atoms with Crippen molar-refractivity contribution >= 4 is 28.7 Å². The van der Waals surface area contributed by atoms with Crippen molar-refractivity contribution in [3.05, 3.63) is 76.5 Å². The minimum atomic E-state index is -0.254.